The fourth-order valence-corrected chi connectivity index (χ4v) is 15.8. The van der Waals surface area contributed by atoms with Crippen LogP contribution in [-0.4, -0.2) is 454 Å². The van der Waals surface area contributed by atoms with Crippen molar-refractivity contribution in [3.63, 3.8) is 0 Å². The summed E-state index contributed by atoms with van der Waals surface area (Å²) in [5.74, 6) is -4.08. The summed E-state index contributed by atoms with van der Waals surface area (Å²) in [5.41, 5.74) is 2.01. The van der Waals surface area contributed by atoms with Gasteiger partial charge >= 0.3 is 17.9 Å². The number of carbonyl (C=O) groups is 6. The molecule has 7 saturated heterocycles. The lowest BCUT2D eigenvalue weighted by Crippen LogP contribution is -2.63. The van der Waals surface area contributed by atoms with Crippen LogP contribution in [0.5, 0.6) is 11.5 Å². The Hall–Kier alpha value is -7.24. The average molecular weight is 2040 g/mol. The van der Waals surface area contributed by atoms with Crippen LogP contribution < -0.4 is 0 Å². The minimum Gasteiger partial charge on any atom is -0.508 e. The summed E-state index contributed by atoms with van der Waals surface area (Å²) in [6.45, 7) is 23.6. The predicted molar refractivity (Wildman–Crippen MR) is 487 cm³/mol. The number of phenolic OH excluding ortho intramolecular Hbond substituents is 2. The van der Waals surface area contributed by atoms with Crippen LogP contribution in [0.15, 0.2) is 78.9 Å². The monoisotopic (exact) mass is 2040 g/mol. The molecule has 10 rings (SSSR count). The zero-order valence-electron chi connectivity index (χ0n) is 83.0. The quantitative estimate of drug-likeness (QED) is 0.0166. The zero-order valence-corrected chi connectivity index (χ0v) is 83.0. The summed E-state index contributed by atoms with van der Waals surface area (Å²) in [7, 11) is 3.10. The van der Waals surface area contributed by atoms with Crippen molar-refractivity contribution < 1.29 is 214 Å². The molecule has 0 bridgehead atoms. The third-order valence-electron chi connectivity index (χ3n) is 22.8. The summed E-state index contributed by atoms with van der Waals surface area (Å²) >= 11 is 0. The predicted octanol–water partition coefficient (Wildman–Crippen LogP) is -1.93. The molecule has 0 radical (unpaired) electrons. The van der Waals surface area contributed by atoms with Crippen LogP contribution in [0.25, 0.3) is 0 Å². The number of aliphatic hydroxyl groups is 13. The highest BCUT2D eigenvalue weighted by atomic mass is 16.8. The third kappa shape index (κ3) is 35.0. The van der Waals surface area contributed by atoms with Crippen LogP contribution in [0.2, 0.25) is 0 Å². The number of aliphatic hydroxyl groups excluding tert-OH is 13. The van der Waals surface area contributed by atoms with E-state index in [0.717, 1.165) is 5.56 Å². The molecule has 6 unspecified atom stereocenters. The Labute approximate surface area is 824 Å². The van der Waals surface area contributed by atoms with Gasteiger partial charge in [0.25, 0.3) is 17.7 Å². The molecule has 15 N–H and O–H groups in total. The molecule has 142 heavy (non-hydrogen) atoms. The first kappa shape index (κ1) is 120. The van der Waals surface area contributed by atoms with Crippen LogP contribution in [0.4, 0.5) is 0 Å². The first-order valence-corrected chi connectivity index (χ1v) is 47.8. The van der Waals surface area contributed by atoms with Crippen LogP contribution in [-0.2, 0) is 157 Å². The number of unbranched alkanes of at least 4 members (excludes halogenated alkanes) is 1. The van der Waals surface area contributed by atoms with Gasteiger partial charge < -0.3 is 200 Å². The number of nitrogens with zero attached hydrogens (tertiary/aromatic N) is 3. The van der Waals surface area contributed by atoms with Gasteiger partial charge in [0.2, 0.25) is 0 Å². The lowest BCUT2D eigenvalue weighted by atomic mass is 9.97. The minimum atomic E-state index is -1.65. The van der Waals surface area contributed by atoms with E-state index < -0.39 is 257 Å². The number of ether oxygens (including phenoxy) is 23. The van der Waals surface area contributed by atoms with E-state index in [2.05, 4.69) is 0 Å². The Bertz CT molecular complexity index is 4170. The van der Waals surface area contributed by atoms with Crippen molar-refractivity contribution in [2.24, 2.45) is 0 Å². The summed E-state index contributed by atoms with van der Waals surface area (Å²) in [6.07, 6.45) is -45.7. The molecule has 47 nitrogen and oxygen atoms in total. The van der Waals surface area contributed by atoms with Crippen LogP contribution >= 0.6 is 0 Å². The molecule has 3 aromatic rings. The van der Waals surface area contributed by atoms with Gasteiger partial charge in [-0.2, -0.15) is 0 Å². The van der Waals surface area contributed by atoms with Gasteiger partial charge in [0.15, 0.2) is 80.7 Å². The van der Waals surface area contributed by atoms with Crippen molar-refractivity contribution >= 4 is 35.6 Å². The molecule has 808 valence electrons. The largest absolute Gasteiger partial charge is 0.508 e. The second-order valence-corrected chi connectivity index (χ2v) is 36.3. The SMILES string of the molecule is CC(C)O[C@@H]1OC(C(=O)OCc2ccc(O)cc2)[C@@H](OCCO[C@@H]2OC(C(=O)N(C)CC3OCCO3)[C@@H](OC(C)C)[C@H](O)[C@@H]2O)[C@H](O)[C@@H]1O.CC(C)O[C@@H]1OC(C(=O)OCc2ccc(O)cc2)[C@@H](OCCO[C@@H]2OC(C(=O)N(C)Cc3ccccc3)[C@@H](OC(C)C)[C@H](O)[C@@H]2O)[C@H](O)[C@@H]1O.CCOC(=O)C1O[C@@H](OC(C)C)[C@@H](O)[C@@H](O)[C@@H]1OCCO[C@@H]1OC(C(=O)N(CC)CCCCO)[C@@H](OC(C)C)[C@H](O)[C@@H]1O. The van der Waals surface area contributed by atoms with E-state index >= 15 is 0 Å². The van der Waals surface area contributed by atoms with Gasteiger partial charge in [0, 0.05) is 40.3 Å². The number of phenols is 2. The van der Waals surface area contributed by atoms with Crippen LogP contribution in [0, 0.1) is 0 Å². The molecule has 30 atom stereocenters. The molecule has 3 amide bonds. The van der Waals surface area contributed by atoms with Crippen LogP contribution in [0.1, 0.15) is 126 Å². The number of hydrogen-bond acceptors (Lipinski definition) is 44. The topological polar surface area (TPSA) is 628 Å². The lowest BCUT2D eigenvalue weighted by Gasteiger charge is -2.43. The normalized spacial score (nSPS) is 31.8. The second kappa shape index (κ2) is 59.1. The number of hydrogen-bond donors (Lipinski definition) is 15. The first-order valence-electron chi connectivity index (χ1n) is 47.8. The molecule has 7 aliphatic heterocycles. The van der Waals surface area contributed by atoms with E-state index in [1.165, 1.54) is 46.0 Å². The molecule has 0 aromatic heterocycles. The summed E-state index contributed by atoms with van der Waals surface area (Å²) in [5, 5.41) is 158. The van der Waals surface area contributed by atoms with Crippen molar-refractivity contribution in [3.05, 3.63) is 95.6 Å². The Morgan fingerprint density at radius 3 is 0.972 bits per heavy atom. The van der Waals surface area contributed by atoms with Gasteiger partial charge in [-0.15, -0.1) is 0 Å². The Morgan fingerprint density at radius 1 is 0.345 bits per heavy atom. The van der Waals surface area contributed by atoms with Gasteiger partial charge in [-0.05, 0) is 151 Å². The van der Waals surface area contributed by atoms with E-state index in [4.69, 9.17) is 114 Å². The molecular formula is C95H149N3O44. The molecular weight excluding hydrogens is 1890 g/mol. The zero-order chi connectivity index (χ0) is 105. The standard InChI is InChI=1S/C35H49NO14.C32H49NO16.C28H51NO14/c1-19(2)47-29-25(39)26(40)34(49-30(29)32(42)36(5)17-21-9-7-6-8-10-21)45-16-15-44-28-24(38)27(41)35(48-20(3)4)50-31(28)33(43)46-18-22-11-13-23(37)14-12-22;1-16(2)46-26-22(36)23(37)31(48-27(26)29(39)33(5)14-20-41-10-11-42-20)44-13-12-43-25-21(35)24(38)32(47-17(3)4)49-28(25)30(40)45-15-18-6-8-19(34)9-7-18;1-7-29(11-9-10-12-30)25(35)23-22(40-15(3)4)18(32)19(33)27(42-23)39-14-13-38-21-17(31)20(34)28(41-16(5)6)43-24(21)26(36)37-8-2/h6-14,19-20,24-31,34-35,37-41H,15-18H2,1-5H3;6-9,16-17,20-28,31-32,34-38H,10-15H2,1-5H3;15-24,27-28,30-34H,7-14H2,1-6H3/t24-,25-,26+,27+,28+,29+,30?,31?,34-,35-;21-,22-,23+,24+,25+,26+,27?,28?,31-,32-;17-,18-,19+,20+,21+,22+,23?,24?,27-,28-/m111/s1. The molecule has 0 aliphatic carbocycles. The molecule has 47 heteroatoms. The van der Waals surface area contributed by atoms with Gasteiger partial charge in [0.05, 0.1) is 103 Å². The number of amides is 3. The second-order valence-electron chi connectivity index (χ2n) is 36.3. The fourth-order valence-electron chi connectivity index (χ4n) is 15.8. The Kier molecular flexibility index (Phi) is 49.9. The highest BCUT2D eigenvalue weighted by molar-refractivity contribution is 5.83. The molecule has 7 aliphatic rings. The van der Waals surface area contributed by atoms with Gasteiger partial charge in [0.1, 0.15) is 135 Å². The molecule has 3 aromatic carbocycles. The van der Waals surface area contributed by atoms with E-state index in [-0.39, 0.29) is 96.8 Å². The van der Waals surface area contributed by atoms with Gasteiger partial charge in [-0.3, -0.25) is 14.4 Å². The highest BCUT2D eigenvalue weighted by Crippen LogP contribution is 2.36. The van der Waals surface area contributed by atoms with Crippen molar-refractivity contribution in [1.29, 1.82) is 0 Å². The number of esters is 3. The van der Waals surface area contributed by atoms with E-state index in [1.807, 2.05) is 30.3 Å². The number of likely N-dealkylation sites (N-methyl/N-ethyl adjacent to an activating group) is 3. The molecule has 7 fully saturated rings. The summed E-state index contributed by atoms with van der Waals surface area (Å²) in [6, 6.07) is 21.3. The fraction of sp³-hybridized carbons (Fsp3) is 0.747. The van der Waals surface area contributed by atoms with Crippen LogP contribution in [0.3, 0.4) is 0 Å². The van der Waals surface area contributed by atoms with Crippen molar-refractivity contribution in [2.45, 2.75) is 357 Å². The highest BCUT2D eigenvalue weighted by Gasteiger charge is 2.57. The van der Waals surface area contributed by atoms with E-state index in [0.29, 0.717) is 50.3 Å². The number of rotatable bonds is 47. The molecule has 7 heterocycles. The lowest BCUT2D eigenvalue weighted by molar-refractivity contribution is -0.316. The smallest absolute Gasteiger partial charge is 0.338 e. The minimum absolute atomic E-state index is 0.0105. The Morgan fingerprint density at radius 2 is 0.648 bits per heavy atom. The maximum atomic E-state index is 13.6. The molecule has 0 spiro atoms. The van der Waals surface area contributed by atoms with Crippen molar-refractivity contribution in [3.8, 4) is 11.5 Å². The molecule has 0 saturated carbocycles. The number of benzene rings is 3. The number of aromatic hydroxyl groups is 2. The van der Waals surface area contributed by atoms with Gasteiger partial charge in [-0.1, -0.05) is 54.6 Å². The summed E-state index contributed by atoms with van der Waals surface area (Å²) in [4.78, 5) is 83.6. The summed E-state index contributed by atoms with van der Waals surface area (Å²) < 4.78 is 129. The van der Waals surface area contributed by atoms with Crippen molar-refractivity contribution in [1.82, 2.24) is 14.7 Å². The Balaban J connectivity index is 0.000000262. The van der Waals surface area contributed by atoms with Gasteiger partial charge in [-0.25, -0.2) is 14.4 Å². The number of carbonyl (C=O) groups excluding carboxylic acids is 6. The maximum Gasteiger partial charge on any atom is 0.338 e. The first-order chi connectivity index (χ1) is 67.4. The maximum absolute atomic E-state index is 13.6. The van der Waals surface area contributed by atoms with Crippen molar-refractivity contribution in [2.75, 3.05) is 99.8 Å². The average Bonchev–Trinajstić information content (AvgIpc) is 1.38. The third-order valence-corrected chi connectivity index (χ3v) is 22.8. The van der Waals surface area contributed by atoms with E-state index in [1.54, 1.807) is 128 Å². The van der Waals surface area contributed by atoms with E-state index in [9.17, 15) is 100 Å².